The zero-order valence-corrected chi connectivity index (χ0v) is 10.4. The Hall–Kier alpha value is -0.560. The van der Waals surface area contributed by atoms with Gasteiger partial charge in [-0.2, -0.15) is 0 Å². The van der Waals surface area contributed by atoms with Gasteiger partial charge in [-0.3, -0.25) is 0 Å². The highest BCUT2D eigenvalue weighted by Crippen LogP contribution is 2.50. The first kappa shape index (κ1) is 10.6. The van der Waals surface area contributed by atoms with Crippen LogP contribution in [-0.2, 0) is 0 Å². The summed E-state index contributed by atoms with van der Waals surface area (Å²) < 4.78 is 0. The van der Waals surface area contributed by atoms with Crippen molar-refractivity contribution in [3.63, 3.8) is 0 Å². The molecule has 1 atom stereocenters. The third-order valence-electron chi connectivity index (χ3n) is 4.84. The monoisotopic (exact) mass is 217 g/mol. The molecule has 1 saturated heterocycles. The molecule has 1 N–H and O–H groups in total. The smallest absolute Gasteiger partial charge is 0.00405 e. The molecule has 1 spiro atoms. The van der Waals surface area contributed by atoms with Gasteiger partial charge in [0.15, 0.2) is 0 Å². The molecular weight excluding hydrogens is 194 g/mol. The van der Waals surface area contributed by atoms with E-state index >= 15 is 0 Å². The van der Waals surface area contributed by atoms with E-state index < -0.39 is 0 Å². The first-order chi connectivity index (χ1) is 7.80. The van der Waals surface area contributed by atoms with Gasteiger partial charge in [0.05, 0.1) is 0 Å². The van der Waals surface area contributed by atoms with E-state index in [2.05, 4.69) is 24.4 Å². The van der Waals surface area contributed by atoms with Crippen molar-refractivity contribution in [2.24, 2.45) is 11.3 Å². The van der Waals surface area contributed by atoms with Crippen molar-refractivity contribution in [3.05, 3.63) is 23.3 Å². The summed E-state index contributed by atoms with van der Waals surface area (Å²) in [5.74, 6) is 0.767. The van der Waals surface area contributed by atoms with Gasteiger partial charge in [0.1, 0.15) is 0 Å². The second-order valence-corrected chi connectivity index (χ2v) is 5.93. The van der Waals surface area contributed by atoms with Gasteiger partial charge in [-0.25, -0.2) is 0 Å². The zero-order chi connectivity index (χ0) is 11.0. The lowest BCUT2D eigenvalue weighted by Gasteiger charge is -2.45. The molecular formula is C15H23N. The van der Waals surface area contributed by atoms with Gasteiger partial charge < -0.3 is 5.32 Å². The van der Waals surface area contributed by atoms with Crippen LogP contribution in [0.3, 0.4) is 0 Å². The van der Waals surface area contributed by atoms with E-state index in [1.807, 2.05) is 5.57 Å². The minimum Gasteiger partial charge on any atom is -0.317 e. The molecule has 0 aromatic carbocycles. The number of rotatable bonds is 0. The van der Waals surface area contributed by atoms with Crippen LogP contribution in [0, 0.1) is 11.3 Å². The van der Waals surface area contributed by atoms with Crippen molar-refractivity contribution >= 4 is 0 Å². The van der Waals surface area contributed by atoms with Crippen LogP contribution in [0.2, 0.25) is 0 Å². The topological polar surface area (TPSA) is 12.0 Å². The van der Waals surface area contributed by atoms with Crippen LogP contribution in [-0.4, -0.2) is 13.1 Å². The zero-order valence-electron chi connectivity index (χ0n) is 10.4. The third kappa shape index (κ3) is 1.66. The molecule has 3 aliphatic rings. The van der Waals surface area contributed by atoms with E-state index in [0.717, 1.165) is 5.92 Å². The number of hydrogen-bond acceptors (Lipinski definition) is 1. The fourth-order valence-corrected chi connectivity index (χ4v) is 3.92. The molecule has 0 saturated carbocycles. The van der Waals surface area contributed by atoms with Crippen LogP contribution in [0.25, 0.3) is 0 Å². The Kier molecular flexibility index (Phi) is 2.67. The second kappa shape index (κ2) is 4.03. The maximum absolute atomic E-state index is 3.52. The van der Waals surface area contributed by atoms with Crippen LogP contribution in [0.15, 0.2) is 23.3 Å². The average Bonchev–Trinajstić information content (AvgIpc) is 2.32. The normalized spacial score (nSPS) is 32.9. The molecule has 1 nitrogen and oxygen atoms in total. The van der Waals surface area contributed by atoms with Gasteiger partial charge in [-0.05, 0) is 68.5 Å². The second-order valence-electron chi connectivity index (χ2n) is 5.93. The SMILES string of the molecule is CC1C=CC2=C(C1)C1(CCC2)CCNCC1. The molecule has 2 aliphatic carbocycles. The van der Waals surface area contributed by atoms with Gasteiger partial charge in [-0.1, -0.05) is 24.6 Å². The highest BCUT2D eigenvalue weighted by atomic mass is 14.9. The first-order valence-corrected chi connectivity index (χ1v) is 6.92. The van der Waals surface area contributed by atoms with E-state index in [9.17, 15) is 0 Å². The molecule has 0 aromatic rings. The number of fused-ring (bicyclic) bond motifs is 1. The van der Waals surface area contributed by atoms with Crippen molar-refractivity contribution in [1.29, 1.82) is 0 Å². The Balaban J connectivity index is 1.95. The van der Waals surface area contributed by atoms with Gasteiger partial charge in [0.2, 0.25) is 0 Å². The van der Waals surface area contributed by atoms with E-state index in [1.165, 1.54) is 51.6 Å². The number of nitrogens with one attached hydrogen (secondary N) is 1. The van der Waals surface area contributed by atoms with Crippen molar-refractivity contribution in [1.82, 2.24) is 5.32 Å². The Morgan fingerprint density at radius 3 is 2.88 bits per heavy atom. The van der Waals surface area contributed by atoms with E-state index in [4.69, 9.17) is 0 Å². The fraction of sp³-hybridized carbons (Fsp3) is 0.733. The lowest BCUT2D eigenvalue weighted by atomic mass is 9.62. The molecule has 0 bridgehead atoms. The maximum Gasteiger partial charge on any atom is -0.00405 e. The van der Waals surface area contributed by atoms with E-state index in [1.54, 1.807) is 5.57 Å². The van der Waals surface area contributed by atoms with E-state index in [0.29, 0.717) is 5.41 Å². The van der Waals surface area contributed by atoms with Crippen LogP contribution in [0.1, 0.15) is 45.4 Å². The lowest BCUT2D eigenvalue weighted by molar-refractivity contribution is 0.206. The molecule has 0 radical (unpaired) electrons. The number of allylic oxidation sites excluding steroid dienone is 4. The highest BCUT2D eigenvalue weighted by Gasteiger charge is 2.39. The van der Waals surface area contributed by atoms with Crippen molar-refractivity contribution in [3.8, 4) is 0 Å². The Labute approximate surface area is 99.0 Å². The van der Waals surface area contributed by atoms with Gasteiger partial charge in [-0.15, -0.1) is 0 Å². The standard InChI is InChI=1S/C15H23N/c1-12-4-5-13-3-2-6-15(14(13)11-12)7-9-16-10-8-15/h4-5,12,16H,2-3,6-11H2,1H3. The molecule has 0 amide bonds. The predicted octanol–water partition coefficient (Wildman–Crippen LogP) is 3.43. The molecule has 1 heterocycles. The number of hydrogen-bond donors (Lipinski definition) is 1. The molecule has 1 heteroatoms. The summed E-state index contributed by atoms with van der Waals surface area (Å²) in [6.45, 7) is 4.83. The summed E-state index contributed by atoms with van der Waals surface area (Å²) in [5.41, 5.74) is 4.14. The fourth-order valence-electron chi connectivity index (χ4n) is 3.92. The molecule has 88 valence electrons. The largest absolute Gasteiger partial charge is 0.317 e. The molecule has 3 rings (SSSR count). The van der Waals surface area contributed by atoms with Crippen molar-refractivity contribution in [2.75, 3.05) is 13.1 Å². The van der Waals surface area contributed by atoms with Gasteiger partial charge in [0.25, 0.3) is 0 Å². The number of piperidine rings is 1. The summed E-state index contributed by atoms with van der Waals surface area (Å²) in [5, 5.41) is 3.52. The Bertz CT molecular complexity index is 331. The molecule has 1 aliphatic heterocycles. The minimum absolute atomic E-state index is 0.595. The summed E-state index contributed by atoms with van der Waals surface area (Å²) in [6.07, 6.45) is 13.2. The van der Waals surface area contributed by atoms with Crippen LogP contribution < -0.4 is 5.32 Å². The third-order valence-corrected chi connectivity index (χ3v) is 4.84. The predicted molar refractivity (Wildman–Crippen MR) is 68.3 cm³/mol. The summed E-state index contributed by atoms with van der Waals surface area (Å²) >= 11 is 0. The lowest BCUT2D eigenvalue weighted by Crippen LogP contribution is -2.40. The van der Waals surface area contributed by atoms with Gasteiger partial charge >= 0.3 is 0 Å². The minimum atomic E-state index is 0.595. The summed E-state index contributed by atoms with van der Waals surface area (Å²) in [7, 11) is 0. The Morgan fingerprint density at radius 2 is 2.06 bits per heavy atom. The van der Waals surface area contributed by atoms with Crippen LogP contribution in [0.4, 0.5) is 0 Å². The molecule has 0 aromatic heterocycles. The molecule has 16 heavy (non-hydrogen) atoms. The van der Waals surface area contributed by atoms with Crippen LogP contribution >= 0.6 is 0 Å². The molecule has 1 fully saturated rings. The van der Waals surface area contributed by atoms with Crippen molar-refractivity contribution in [2.45, 2.75) is 45.4 Å². The van der Waals surface area contributed by atoms with Crippen molar-refractivity contribution < 1.29 is 0 Å². The summed E-state index contributed by atoms with van der Waals surface area (Å²) in [6, 6.07) is 0. The Morgan fingerprint density at radius 1 is 1.25 bits per heavy atom. The summed E-state index contributed by atoms with van der Waals surface area (Å²) in [4.78, 5) is 0. The quantitative estimate of drug-likeness (QED) is 0.655. The average molecular weight is 217 g/mol. The highest BCUT2D eigenvalue weighted by molar-refractivity contribution is 5.37. The maximum atomic E-state index is 3.52. The first-order valence-electron chi connectivity index (χ1n) is 6.92. The van der Waals surface area contributed by atoms with E-state index in [-0.39, 0.29) is 0 Å². The molecule has 1 unspecified atom stereocenters. The van der Waals surface area contributed by atoms with Crippen LogP contribution in [0.5, 0.6) is 0 Å². The van der Waals surface area contributed by atoms with Gasteiger partial charge in [0, 0.05) is 0 Å².